The minimum Gasteiger partial charge on any atom is -0.494 e. The van der Waals surface area contributed by atoms with Crippen LogP contribution < -0.4 is 4.74 Å². The molecule has 2 aromatic rings. The van der Waals surface area contributed by atoms with Crippen LogP contribution in [-0.2, 0) is 11.3 Å². The maximum Gasteiger partial charge on any atom is 0.261 e. The van der Waals surface area contributed by atoms with Crippen molar-refractivity contribution in [3.05, 3.63) is 65.2 Å². The highest BCUT2D eigenvalue weighted by molar-refractivity contribution is 8.13. The second-order valence-corrected chi connectivity index (χ2v) is 8.37. The van der Waals surface area contributed by atoms with E-state index >= 15 is 0 Å². The second kappa shape index (κ2) is 11.0. The first-order chi connectivity index (χ1) is 14.6. The molecule has 0 unspecified atom stereocenters. The Kier molecular flexibility index (Phi) is 8.08. The molecule has 0 fully saturated rings. The number of hydrogen-bond donors (Lipinski definition) is 0. The average Bonchev–Trinajstić information content (AvgIpc) is 3.01. The summed E-state index contributed by atoms with van der Waals surface area (Å²) in [6.07, 6.45) is 4.83. The fourth-order valence-electron chi connectivity index (χ4n) is 3.29. The molecule has 0 saturated carbocycles. The molecule has 0 N–H and O–H groups in total. The van der Waals surface area contributed by atoms with Gasteiger partial charge in [-0.3, -0.25) is 19.3 Å². The molecule has 0 spiro atoms. The van der Waals surface area contributed by atoms with Gasteiger partial charge >= 0.3 is 0 Å². The Morgan fingerprint density at radius 3 is 2.17 bits per heavy atom. The molecule has 1 heterocycles. The fourth-order valence-corrected chi connectivity index (χ4v) is 4.07. The number of unbranched alkanes of at least 4 members (excludes halogenated alkanes) is 3. The number of fused-ring (bicyclic) bond motifs is 1. The molecule has 2 aromatic carbocycles. The zero-order valence-corrected chi connectivity index (χ0v) is 18.1. The van der Waals surface area contributed by atoms with E-state index in [-0.39, 0.29) is 23.5 Å². The number of benzene rings is 2. The Morgan fingerprint density at radius 1 is 0.900 bits per heavy atom. The monoisotopic (exact) mass is 425 g/mol. The van der Waals surface area contributed by atoms with E-state index in [0.717, 1.165) is 42.7 Å². The third-order valence-corrected chi connectivity index (χ3v) is 6.10. The van der Waals surface area contributed by atoms with Crippen LogP contribution in [0.3, 0.4) is 0 Å². The molecule has 6 heteroatoms. The highest BCUT2D eigenvalue weighted by Gasteiger charge is 2.34. The maximum absolute atomic E-state index is 12.5. The number of carbonyl (C=O) groups excluding carboxylic acids is 3. The predicted octanol–water partition coefficient (Wildman–Crippen LogP) is 5.09. The van der Waals surface area contributed by atoms with Crippen molar-refractivity contribution in [3.8, 4) is 5.75 Å². The zero-order chi connectivity index (χ0) is 21.3. The van der Waals surface area contributed by atoms with Crippen molar-refractivity contribution in [3.63, 3.8) is 0 Å². The third-order valence-electron chi connectivity index (χ3n) is 5.00. The molecule has 0 aromatic heterocycles. The van der Waals surface area contributed by atoms with Crippen LogP contribution in [0.2, 0.25) is 0 Å². The Labute approximate surface area is 181 Å². The summed E-state index contributed by atoms with van der Waals surface area (Å²) in [5.74, 6) is 1.20. The van der Waals surface area contributed by atoms with Gasteiger partial charge in [-0.15, -0.1) is 0 Å². The number of amides is 2. The minimum atomic E-state index is -0.242. The van der Waals surface area contributed by atoms with Crippen LogP contribution in [0.15, 0.2) is 48.5 Å². The molecule has 158 valence electrons. The van der Waals surface area contributed by atoms with Gasteiger partial charge in [0.2, 0.25) is 0 Å². The maximum atomic E-state index is 12.5. The van der Waals surface area contributed by atoms with Gasteiger partial charge in [-0.25, -0.2) is 0 Å². The summed E-state index contributed by atoms with van der Waals surface area (Å²) >= 11 is 1.43. The smallest absolute Gasteiger partial charge is 0.261 e. The lowest BCUT2D eigenvalue weighted by Gasteiger charge is -2.14. The topological polar surface area (TPSA) is 63.7 Å². The number of ether oxygens (including phenoxy) is 1. The summed E-state index contributed by atoms with van der Waals surface area (Å²) in [5.41, 5.74) is 1.83. The molecule has 0 radical (unpaired) electrons. The summed E-state index contributed by atoms with van der Waals surface area (Å²) in [7, 11) is 0. The highest BCUT2D eigenvalue weighted by atomic mass is 32.2. The summed E-state index contributed by atoms with van der Waals surface area (Å²) in [6, 6.07) is 14.5. The summed E-state index contributed by atoms with van der Waals surface area (Å²) < 4.78 is 5.78. The first-order valence-corrected chi connectivity index (χ1v) is 11.4. The van der Waals surface area contributed by atoms with Crippen molar-refractivity contribution < 1.29 is 19.1 Å². The molecular weight excluding hydrogens is 398 g/mol. The Bertz CT molecular complexity index is 859. The van der Waals surface area contributed by atoms with Crippen LogP contribution in [0, 0.1) is 0 Å². The summed E-state index contributed by atoms with van der Waals surface area (Å²) in [5, 5.41) is 0.268. The standard InChI is InChI=1S/C24H27NO4S/c1-2-22(26)30-16-8-4-3-7-15-29-19-13-11-18(12-14-19)17-25-23(27)20-9-5-6-10-21(20)24(25)28/h5-6,9-14H,2-4,7-8,15-17H2,1H3. The van der Waals surface area contributed by atoms with E-state index < -0.39 is 0 Å². The highest BCUT2D eigenvalue weighted by Crippen LogP contribution is 2.25. The molecule has 0 saturated heterocycles. The number of hydrogen-bond acceptors (Lipinski definition) is 5. The van der Waals surface area contributed by atoms with Crippen molar-refractivity contribution >= 4 is 28.7 Å². The van der Waals surface area contributed by atoms with E-state index in [1.165, 1.54) is 16.7 Å². The summed E-state index contributed by atoms with van der Waals surface area (Å²) in [4.78, 5) is 37.4. The van der Waals surface area contributed by atoms with Crippen LogP contribution >= 0.6 is 11.8 Å². The molecule has 0 atom stereocenters. The molecule has 5 nitrogen and oxygen atoms in total. The third kappa shape index (κ3) is 5.72. The molecule has 3 rings (SSSR count). The first kappa shape index (κ1) is 22.1. The van der Waals surface area contributed by atoms with Gasteiger partial charge in [0.05, 0.1) is 24.3 Å². The van der Waals surface area contributed by atoms with Crippen LogP contribution in [0.4, 0.5) is 0 Å². The van der Waals surface area contributed by atoms with Crippen LogP contribution in [0.1, 0.15) is 65.3 Å². The molecule has 2 amide bonds. The Morgan fingerprint density at radius 2 is 1.53 bits per heavy atom. The van der Waals surface area contributed by atoms with E-state index in [1.54, 1.807) is 24.3 Å². The van der Waals surface area contributed by atoms with E-state index in [4.69, 9.17) is 4.74 Å². The Hall–Kier alpha value is -2.60. The molecule has 0 bridgehead atoms. The molecular formula is C24H27NO4S. The lowest BCUT2D eigenvalue weighted by molar-refractivity contribution is -0.110. The van der Waals surface area contributed by atoms with Gasteiger partial charge in [-0.05, 0) is 42.7 Å². The van der Waals surface area contributed by atoms with E-state index in [0.29, 0.717) is 24.2 Å². The van der Waals surface area contributed by atoms with Gasteiger partial charge in [-0.2, -0.15) is 0 Å². The molecule has 0 aliphatic carbocycles. The van der Waals surface area contributed by atoms with E-state index in [1.807, 2.05) is 31.2 Å². The number of imide groups is 1. The van der Waals surface area contributed by atoms with Crippen LogP contribution in [0.25, 0.3) is 0 Å². The zero-order valence-electron chi connectivity index (χ0n) is 17.3. The largest absolute Gasteiger partial charge is 0.494 e. The lowest BCUT2D eigenvalue weighted by Crippen LogP contribution is -2.29. The normalized spacial score (nSPS) is 12.9. The Balaban J connectivity index is 1.37. The SMILES string of the molecule is CCC(=O)SCCCCCCOc1ccc(CN2C(=O)c3ccccc3C2=O)cc1. The van der Waals surface area contributed by atoms with Gasteiger partial charge < -0.3 is 4.74 Å². The van der Waals surface area contributed by atoms with E-state index in [2.05, 4.69) is 0 Å². The first-order valence-electron chi connectivity index (χ1n) is 10.4. The number of thioether (sulfide) groups is 1. The second-order valence-electron chi connectivity index (χ2n) is 7.22. The quantitative estimate of drug-likeness (QED) is 0.371. The average molecular weight is 426 g/mol. The van der Waals surface area contributed by atoms with Gasteiger partial charge in [0, 0.05) is 12.2 Å². The predicted molar refractivity (Wildman–Crippen MR) is 119 cm³/mol. The minimum absolute atomic E-state index is 0.242. The number of rotatable bonds is 11. The fraction of sp³-hybridized carbons (Fsp3) is 0.375. The van der Waals surface area contributed by atoms with Crippen molar-refractivity contribution in [1.82, 2.24) is 4.90 Å². The van der Waals surface area contributed by atoms with Crippen molar-refractivity contribution in [1.29, 1.82) is 0 Å². The number of nitrogens with zero attached hydrogens (tertiary/aromatic N) is 1. The van der Waals surface area contributed by atoms with Gasteiger partial charge in [0.25, 0.3) is 11.8 Å². The van der Waals surface area contributed by atoms with Gasteiger partial charge in [0.15, 0.2) is 5.12 Å². The number of carbonyl (C=O) groups is 3. The van der Waals surface area contributed by atoms with Crippen molar-refractivity contribution in [2.75, 3.05) is 12.4 Å². The summed E-state index contributed by atoms with van der Waals surface area (Å²) in [6.45, 7) is 2.80. The lowest BCUT2D eigenvalue weighted by atomic mass is 10.1. The van der Waals surface area contributed by atoms with Crippen LogP contribution in [-0.4, -0.2) is 34.2 Å². The van der Waals surface area contributed by atoms with Gasteiger partial charge in [0.1, 0.15) is 5.75 Å². The molecule has 1 aliphatic heterocycles. The molecule has 30 heavy (non-hydrogen) atoms. The molecule has 1 aliphatic rings. The van der Waals surface area contributed by atoms with Crippen molar-refractivity contribution in [2.24, 2.45) is 0 Å². The van der Waals surface area contributed by atoms with Gasteiger partial charge in [-0.1, -0.05) is 55.8 Å². The van der Waals surface area contributed by atoms with Crippen LogP contribution in [0.5, 0.6) is 5.75 Å². The van der Waals surface area contributed by atoms with E-state index in [9.17, 15) is 14.4 Å². The van der Waals surface area contributed by atoms with Crippen molar-refractivity contribution in [2.45, 2.75) is 45.6 Å².